The maximum absolute atomic E-state index is 12.7. The van der Waals surface area contributed by atoms with Crippen LogP contribution in [0.3, 0.4) is 0 Å². The zero-order valence-electron chi connectivity index (χ0n) is 18.5. The molecule has 0 atom stereocenters. The molecule has 1 aliphatic rings. The van der Waals surface area contributed by atoms with E-state index in [2.05, 4.69) is 29.2 Å². The lowest BCUT2D eigenvalue weighted by Crippen LogP contribution is -2.41. The van der Waals surface area contributed by atoms with Gasteiger partial charge in [-0.25, -0.2) is 9.67 Å². The summed E-state index contributed by atoms with van der Waals surface area (Å²) >= 11 is 0. The molecule has 2 amide bonds. The molecule has 0 unspecified atom stereocenters. The number of pyridine rings is 1. The first kappa shape index (κ1) is 21.8. The number of piperidine rings is 1. The molecule has 1 aliphatic heterocycles. The van der Waals surface area contributed by atoms with Gasteiger partial charge in [0.15, 0.2) is 5.65 Å². The molecule has 3 heterocycles. The number of carbonyl (C=O) groups is 2. The number of carbonyl (C=O) groups excluding carboxylic acids is 2. The van der Waals surface area contributed by atoms with Gasteiger partial charge in [-0.2, -0.15) is 5.10 Å². The largest absolute Gasteiger partial charge is 0.493 e. The summed E-state index contributed by atoms with van der Waals surface area (Å²) < 4.78 is 7.47. The summed E-state index contributed by atoms with van der Waals surface area (Å²) in [7, 11) is 0. The highest BCUT2D eigenvalue weighted by molar-refractivity contribution is 5.94. The molecule has 1 fully saturated rings. The molecule has 2 aromatic heterocycles. The Morgan fingerprint density at radius 1 is 1.16 bits per heavy atom. The van der Waals surface area contributed by atoms with E-state index in [1.807, 2.05) is 46.0 Å². The summed E-state index contributed by atoms with van der Waals surface area (Å²) in [5.74, 6) is 0.687. The van der Waals surface area contributed by atoms with Gasteiger partial charge >= 0.3 is 0 Å². The second-order valence-corrected chi connectivity index (χ2v) is 8.38. The number of ether oxygens (including phenoxy) is 1. The molecular formula is C24H29N5O3. The Kier molecular flexibility index (Phi) is 6.68. The van der Waals surface area contributed by atoms with Crippen LogP contribution < -0.4 is 10.1 Å². The van der Waals surface area contributed by atoms with Crippen molar-refractivity contribution >= 4 is 28.5 Å². The van der Waals surface area contributed by atoms with Crippen LogP contribution in [0, 0.1) is 5.92 Å². The normalized spacial score (nSPS) is 14.7. The Hall–Kier alpha value is -3.42. The number of nitrogens with one attached hydrogen (secondary N) is 1. The molecule has 1 saturated heterocycles. The Bertz CT molecular complexity index is 1070. The topological polar surface area (TPSA) is 89.4 Å². The van der Waals surface area contributed by atoms with E-state index < -0.39 is 0 Å². The molecule has 1 aromatic carbocycles. The van der Waals surface area contributed by atoms with Crippen LogP contribution >= 0.6 is 0 Å². The van der Waals surface area contributed by atoms with Gasteiger partial charge in [0.1, 0.15) is 5.75 Å². The smallest absolute Gasteiger partial charge is 0.227 e. The standard InChI is InChI=1S/C24H29N5O3/c1-17(2)29-23-19(15-26-29)14-20(16-25-23)27-24(31)18-8-11-28(12-9-18)22(30)10-13-32-21-6-4-3-5-7-21/h3-7,14-18H,8-13H2,1-2H3,(H,27,31). The number of anilines is 1. The molecule has 0 saturated carbocycles. The molecule has 32 heavy (non-hydrogen) atoms. The van der Waals surface area contributed by atoms with E-state index in [0.29, 0.717) is 44.6 Å². The lowest BCUT2D eigenvalue weighted by molar-refractivity contribution is -0.135. The first-order valence-corrected chi connectivity index (χ1v) is 11.1. The monoisotopic (exact) mass is 435 g/mol. The van der Waals surface area contributed by atoms with Crippen LogP contribution in [0.2, 0.25) is 0 Å². The van der Waals surface area contributed by atoms with Gasteiger partial charge in [-0.15, -0.1) is 0 Å². The molecule has 8 heteroatoms. The van der Waals surface area contributed by atoms with E-state index in [0.717, 1.165) is 16.8 Å². The highest BCUT2D eigenvalue weighted by atomic mass is 16.5. The predicted molar refractivity (Wildman–Crippen MR) is 122 cm³/mol. The van der Waals surface area contributed by atoms with Crippen molar-refractivity contribution in [3.8, 4) is 5.75 Å². The van der Waals surface area contributed by atoms with E-state index >= 15 is 0 Å². The summed E-state index contributed by atoms with van der Waals surface area (Å²) in [6, 6.07) is 11.6. The Labute approximate surface area is 187 Å². The molecule has 3 aromatic rings. The van der Waals surface area contributed by atoms with Crippen molar-refractivity contribution in [3.63, 3.8) is 0 Å². The minimum Gasteiger partial charge on any atom is -0.493 e. The van der Waals surface area contributed by atoms with Crippen LogP contribution in [-0.4, -0.2) is 51.2 Å². The summed E-state index contributed by atoms with van der Waals surface area (Å²) in [4.78, 5) is 31.5. The number of hydrogen-bond acceptors (Lipinski definition) is 5. The van der Waals surface area contributed by atoms with E-state index in [4.69, 9.17) is 4.74 Å². The van der Waals surface area contributed by atoms with E-state index in [1.54, 1.807) is 12.4 Å². The van der Waals surface area contributed by atoms with Crippen LogP contribution in [0.5, 0.6) is 5.75 Å². The summed E-state index contributed by atoms with van der Waals surface area (Å²) in [5, 5.41) is 8.24. The number of fused-ring (bicyclic) bond motifs is 1. The Balaban J connectivity index is 1.24. The first-order valence-electron chi connectivity index (χ1n) is 11.1. The van der Waals surface area contributed by atoms with Crippen LogP contribution in [0.1, 0.15) is 39.2 Å². The van der Waals surface area contributed by atoms with Gasteiger partial charge in [0.2, 0.25) is 11.8 Å². The SMILES string of the molecule is CC(C)n1ncc2cc(NC(=O)C3CCN(C(=O)CCOc4ccccc4)CC3)cnc21. The van der Waals surface area contributed by atoms with Gasteiger partial charge < -0.3 is 15.0 Å². The van der Waals surface area contributed by atoms with Crippen molar-refractivity contribution in [2.24, 2.45) is 5.92 Å². The maximum Gasteiger partial charge on any atom is 0.227 e. The van der Waals surface area contributed by atoms with E-state index in [-0.39, 0.29) is 23.8 Å². The van der Waals surface area contributed by atoms with E-state index in [9.17, 15) is 9.59 Å². The average molecular weight is 436 g/mol. The van der Waals surface area contributed by atoms with Gasteiger partial charge in [0.05, 0.1) is 31.1 Å². The number of benzene rings is 1. The van der Waals surface area contributed by atoms with Crippen molar-refractivity contribution < 1.29 is 14.3 Å². The molecule has 168 valence electrons. The lowest BCUT2D eigenvalue weighted by atomic mass is 9.95. The second-order valence-electron chi connectivity index (χ2n) is 8.38. The van der Waals surface area contributed by atoms with Crippen LogP contribution in [-0.2, 0) is 9.59 Å². The first-order chi connectivity index (χ1) is 15.5. The molecule has 0 spiro atoms. The summed E-state index contributed by atoms with van der Waals surface area (Å²) in [6.45, 7) is 5.63. The Morgan fingerprint density at radius 3 is 2.62 bits per heavy atom. The molecule has 4 rings (SSSR count). The summed E-state index contributed by atoms with van der Waals surface area (Å²) in [5.41, 5.74) is 1.48. The third-order valence-electron chi connectivity index (χ3n) is 5.74. The minimum atomic E-state index is -0.117. The van der Waals surface area contributed by atoms with Crippen molar-refractivity contribution in [1.29, 1.82) is 0 Å². The number of rotatable bonds is 7. The minimum absolute atomic E-state index is 0.0260. The maximum atomic E-state index is 12.7. The van der Waals surface area contributed by atoms with Gasteiger partial charge in [-0.1, -0.05) is 18.2 Å². The zero-order valence-corrected chi connectivity index (χ0v) is 18.5. The van der Waals surface area contributed by atoms with Gasteiger partial charge in [-0.05, 0) is 44.9 Å². The number of aromatic nitrogens is 3. The number of amides is 2. The number of para-hydroxylation sites is 1. The number of likely N-dealkylation sites (tertiary alicyclic amines) is 1. The highest BCUT2D eigenvalue weighted by Crippen LogP contribution is 2.22. The average Bonchev–Trinajstić information content (AvgIpc) is 3.23. The van der Waals surface area contributed by atoms with Gasteiger partial charge in [-0.3, -0.25) is 9.59 Å². The fourth-order valence-electron chi connectivity index (χ4n) is 3.95. The fourth-order valence-corrected chi connectivity index (χ4v) is 3.95. The molecule has 8 nitrogen and oxygen atoms in total. The van der Waals surface area contributed by atoms with Crippen molar-refractivity contribution in [3.05, 3.63) is 48.8 Å². The fraction of sp³-hybridized carbons (Fsp3) is 0.417. The zero-order chi connectivity index (χ0) is 22.5. The van der Waals surface area contributed by atoms with E-state index in [1.165, 1.54) is 0 Å². The second kappa shape index (κ2) is 9.80. The highest BCUT2D eigenvalue weighted by Gasteiger charge is 2.27. The number of nitrogens with zero attached hydrogens (tertiary/aromatic N) is 4. The van der Waals surface area contributed by atoms with Crippen molar-refractivity contribution in [2.45, 2.75) is 39.2 Å². The van der Waals surface area contributed by atoms with Crippen LogP contribution in [0.25, 0.3) is 11.0 Å². The lowest BCUT2D eigenvalue weighted by Gasteiger charge is -2.31. The van der Waals surface area contributed by atoms with Gasteiger partial charge in [0, 0.05) is 30.4 Å². The predicted octanol–water partition coefficient (Wildman–Crippen LogP) is 3.66. The van der Waals surface area contributed by atoms with Crippen LogP contribution in [0.15, 0.2) is 48.8 Å². The molecule has 1 N–H and O–H groups in total. The van der Waals surface area contributed by atoms with Crippen molar-refractivity contribution in [2.75, 3.05) is 25.0 Å². The Morgan fingerprint density at radius 2 is 1.91 bits per heavy atom. The molecular weight excluding hydrogens is 406 g/mol. The third-order valence-corrected chi connectivity index (χ3v) is 5.74. The van der Waals surface area contributed by atoms with Crippen LogP contribution in [0.4, 0.5) is 5.69 Å². The number of hydrogen-bond donors (Lipinski definition) is 1. The molecule has 0 aliphatic carbocycles. The van der Waals surface area contributed by atoms with Crippen molar-refractivity contribution in [1.82, 2.24) is 19.7 Å². The quantitative estimate of drug-likeness (QED) is 0.612. The third kappa shape index (κ3) is 5.07. The van der Waals surface area contributed by atoms with Gasteiger partial charge in [0.25, 0.3) is 0 Å². The molecule has 0 bridgehead atoms. The molecule has 0 radical (unpaired) electrons. The summed E-state index contributed by atoms with van der Waals surface area (Å²) in [6.07, 6.45) is 5.08.